The molecule has 0 saturated carbocycles. The minimum absolute atomic E-state index is 0.102. The summed E-state index contributed by atoms with van der Waals surface area (Å²) in [6.07, 6.45) is 48.8. The number of carbonyl (C=O) groups is 4. The first-order valence-electron chi connectivity index (χ1n) is 38.7. The highest BCUT2D eigenvalue weighted by Gasteiger charge is 2.30. The van der Waals surface area contributed by atoms with E-state index >= 15 is 0 Å². The first kappa shape index (κ1) is 92.1. The molecule has 0 bridgehead atoms. The standard InChI is InChI=1S/C75H146O17P2/c1-65(2)51-43-35-27-21-17-13-9-11-15-19-23-31-39-47-55-72(77)85-61-70(91-74(79)57-49-41-32-24-20-16-12-10-14-18-22-28-36-44-52-66(3)4)63-89-93(81,82)87-59-69(76)60-88-94(83,84)90-64-71(92-75(80)58-50-42-34-26-30-38-46-54-68(7)8)62-86-73(78)56-48-40-33-25-29-37-45-53-67(5)6/h65-71,76H,9-64H2,1-8H3,(H,81,82)(H,83,84)/t69?,70-,71-/m1/s1. The Morgan fingerprint density at radius 3 is 0.660 bits per heavy atom. The van der Waals surface area contributed by atoms with Crippen LogP contribution < -0.4 is 0 Å². The fourth-order valence-corrected chi connectivity index (χ4v) is 13.0. The SMILES string of the molecule is CC(C)CCCCCCCCCCCCCCCCC(=O)OC[C@H](COP(=O)(O)OCC(O)COP(=O)(O)OC[C@@H](COC(=O)CCCCCCCCCC(C)C)OC(=O)CCCCCCCCCC(C)C)OC(=O)CCCCCCCCCCCCCCCCC(C)C. The number of esters is 4. The average Bonchev–Trinajstić information content (AvgIpc) is 1.17. The Balaban J connectivity index is 5.23. The van der Waals surface area contributed by atoms with Crippen LogP contribution in [0.25, 0.3) is 0 Å². The van der Waals surface area contributed by atoms with Gasteiger partial charge in [-0.1, -0.05) is 325 Å². The molecule has 0 amide bonds. The van der Waals surface area contributed by atoms with Crippen LogP contribution in [0.15, 0.2) is 0 Å². The van der Waals surface area contributed by atoms with Gasteiger partial charge in [-0.25, -0.2) is 9.13 Å². The van der Waals surface area contributed by atoms with Crippen LogP contribution in [0.5, 0.6) is 0 Å². The molecule has 0 aromatic rings. The summed E-state index contributed by atoms with van der Waals surface area (Å²) in [5, 5.41) is 10.6. The molecule has 19 heteroatoms. The minimum Gasteiger partial charge on any atom is -0.462 e. The van der Waals surface area contributed by atoms with E-state index in [9.17, 15) is 43.2 Å². The summed E-state index contributed by atoms with van der Waals surface area (Å²) in [6, 6.07) is 0. The second-order valence-corrected chi connectivity index (χ2v) is 31.9. The van der Waals surface area contributed by atoms with Crippen LogP contribution >= 0.6 is 15.6 Å². The third kappa shape index (κ3) is 68.6. The van der Waals surface area contributed by atoms with E-state index < -0.39 is 97.5 Å². The molecule has 0 aliphatic carbocycles. The third-order valence-electron chi connectivity index (χ3n) is 17.3. The van der Waals surface area contributed by atoms with Gasteiger partial charge in [0.1, 0.15) is 19.3 Å². The van der Waals surface area contributed by atoms with Gasteiger partial charge in [-0.3, -0.25) is 37.3 Å². The van der Waals surface area contributed by atoms with Crippen molar-refractivity contribution >= 4 is 39.5 Å². The highest BCUT2D eigenvalue weighted by Crippen LogP contribution is 2.45. The maximum absolute atomic E-state index is 13.1. The van der Waals surface area contributed by atoms with E-state index in [1.807, 2.05) is 0 Å². The van der Waals surface area contributed by atoms with Gasteiger partial charge in [0.05, 0.1) is 26.4 Å². The quantitative estimate of drug-likeness (QED) is 0.0222. The van der Waals surface area contributed by atoms with Crippen LogP contribution in [0.2, 0.25) is 0 Å². The first-order valence-corrected chi connectivity index (χ1v) is 41.7. The Labute approximate surface area is 575 Å². The van der Waals surface area contributed by atoms with E-state index in [2.05, 4.69) is 55.4 Å². The van der Waals surface area contributed by atoms with Crippen LogP contribution in [0.4, 0.5) is 0 Å². The predicted molar refractivity (Wildman–Crippen MR) is 381 cm³/mol. The Morgan fingerprint density at radius 2 is 0.447 bits per heavy atom. The molecule has 0 aromatic heterocycles. The van der Waals surface area contributed by atoms with Gasteiger partial charge in [0, 0.05) is 25.7 Å². The fourth-order valence-electron chi connectivity index (χ4n) is 11.4. The molecule has 0 aliphatic rings. The lowest BCUT2D eigenvalue weighted by Crippen LogP contribution is -2.30. The van der Waals surface area contributed by atoms with E-state index in [1.54, 1.807) is 0 Å². The van der Waals surface area contributed by atoms with Crippen LogP contribution in [0.3, 0.4) is 0 Å². The molecule has 558 valence electrons. The molecule has 5 atom stereocenters. The largest absolute Gasteiger partial charge is 0.472 e. The molecule has 3 unspecified atom stereocenters. The van der Waals surface area contributed by atoms with Gasteiger partial charge >= 0.3 is 39.5 Å². The first-order chi connectivity index (χ1) is 45.1. The van der Waals surface area contributed by atoms with Crippen molar-refractivity contribution < 1.29 is 80.2 Å². The average molecular weight is 1380 g/mol. The Kier molecular flexibility index (Phi) is 63.1. The lowest BCUT2D eigenvalue weighted by atomic mass is 10.0. The molecule has 0 saturated heterocycles. The van der Waals surface area contributed by atoms with Crippen LogP contribution in [-0.2, 0) is 65.4 Å². The molecule has 0 radical (unpaired) electrons. The number of hydrogen-bond donors (Lipinski definition) is 3. The monoisotopic (exact) mass is 1380 g/mol. The lowest BCUT2D eigenvalue weighted by molar-refractivity contribution is -0.161. The molecule has 0 spiro atoms. The minimum atomic E-state index is -4.96. The molecular formula is C75H146O17P2. The number of phosphoric acid groups is 2. The summed E-state index contributed by atoms with van der Waals surface area (Å²) in [4.78, 5) is 72.7. The van der Waals surface area contributed by atoms with Crippen LogP contribution in [0.1, 0.15) is 376 Å². The zero-order valence-electron chi connectivity index (χ0n) is 61.6. The number of ether oxygens (including phenoxy) is 4. The molecule has 3 N–H and O–H groups in total. The van der Waals surface area contributed by atoms with E-state index in [0.717, 1.165) is 108 Å². The number of aliphatic hydroxyl groups excluding tert-OH is 1. The second kappa shape index (κ2) is 64.4. The van der Waals surface area contributed by atoms with Crippen LogP contribution in [0, 0.1) is 23.7 Å². The number of phosphoric ester groups is 2. The molecular weight excluding hydrogens is 1230 g/mol. The van der Waals surface area contributed by atoms with Gasteiger partial charge in [0.2, 0.25) is 0 Å². The maximum atomic E-state index is 13.1. The number of carbonyl (C=O) groups excluding carboxylic acids is 4. The zero-order valence-corrected chi connectivity index (χ0v) is 63.4. The number of rotatable bonds is 72. The molecule has 0 fully saturated rings. The van der Waals surface area contributed by atoms with Gasteiger partial charge in [-0.05, 0) is 49.4 Å². The second-order valence-electron chi connectivity index (χ2n) is 28.9. The maximum Gasteiger partial charge on any atom is 0.472 e. The van der Waals surface area contributed by atoms with Crippen LogP contribution in [-0.4, -0.2) is 96.7 Å². The van der Waals surface area contributed by atoms with Gasteiger partial charge in [-0.2, -0.15) is 0 Å². The Hall–Kier alpha value is -1.94. The Morgan fingerprint density at radius 1 is 0.266 bits per heavy atom. The molecule has 17 nitrogen and oxygen atoms in total. The molecule has 0 aliphatic heterocycles. The lowest BCUT2D eigenvalue weighted by Gasteiger charge is -2.21. The van der Waals surface area contributed by atoms with E-state index in [1.165, 1.54) is 173 Å². The highest BCUT2D eigenvalue weighted by atomic mass is 31.2. The van der Waals surface area contributed by atoms with Crippen molar-refractivity contribution in [2.24, 2.45) is 23.7 Å². The summed E-state index contributed by atoms with van der Waals surface area (Å²) in [5.41, 5.74) is 0. The number of unbranched alkanes of at least 4 members (excludes halogenated alkanes) is 38. The summed E-state index contributed by atoms with van der Waals surface area (Å²) in [5.74, 6) is 0.870. The van der Waals surface area contributed by atoms with E-state index in [0.29, 0.717) is 37.5 Å². The summed E-state index contributed by atoms with van der Waals surface area (Å²) >= 11 is 0. The normalized spacial score (nSPS) is 14.2. The zero-order chi connectivity index (χ0) is 69.6. The van der Waals surface area contributed by atoms with Crippen molar-refractivity contribution in [2.45, 2.75) is 395 Å². The van der Waals surface area contributed by atoms with Gasteiger partial charge < -0.3 is 33.8 Å². The summed E-state index contributed by atoms with van der Waals surface area (Å²) in [7, 11) is -9.91. The Bertz CT molecular complexity index is 1850. The summed E-state index contributed by atoms with van der Waals surface area (Å²) < 4.78 is 68.4. The molecule has 0 heterocycles. The van der Waals surface area contributed by atoms with Crippen molar-refractivity contribution in [1.29, 1.82) is 0 Å². The summed E-state index contributed by atoms with van der Waals surface area (Å²) in [6.45, 7) is 14.1. The van der Waals surface area contributed by atoms with Gasteiger partial charge in [0.25, 0.3) is 0 Å². The number of aliphatic hydroxyl groups is 1. The molecule has 0 rings (SSSR count). The third-order valence-corrected chi connectivity index (χ3v) is 19.2. The fraction of sp³-hybridized carbons (Fsp3) is 0.947. The van der Waals surface area contributed by atoms with Crippen molar-refractivity contribution in [3.63, 3.8) is 0 Å². The van der Waals surface area contributed by atoms with Crippen molar-refractivity contribution in [2.75, 3.05) is 39.6 Å². The van der Waals surface area contributed by atoms with Crippen molar-refractivity contribution in [3.05, 3.63) is 0 Å². The highest BCUT2D eigenvalue weighted by molar-refractivity contribution is 7.47. The predicted octanol–water partition coefficient (Wildman–Crippen LogP) is 21.7. The van der Waals surface area contributed by atoms with Crippen molar-refractivity contribution in [3.8, 4) is 0 Å². The topological polar surface area (TPSA) is 237 Å². The molecule has 0 aromatic carbocycles. The van der Waals surface area contributed by atoms with Gasteiger partial charge in [-0.15, -0.1) is 0 Å². The van der Waals surface area contributed by atoms with E-state index in [-0.39, 0.29) is 25.7 Å². The molecule has 94 heavy (non-hydrogen) atoms. The number of hydrogen-bond acceptors (Lipinski definition) is 15. The van der Waals surface area contributed by atoms with Crippen molar-refractivity contribution in [1.82, 2.24) is 0 Å². The smallest absolute Gasteiger partial charge is 0.462 e. The van der Waals surface area contributed by atoms with E-state index in [4.69, 9.17) is 37.0 Å². The van der Waals surface area contributed by atoms with Gasteiger partial charge in [0.15, 0.2) is 12.2 Å².